The minimum absolute atomic E-state index is 0.0300. The van der Waals surface area contributed by atoms with Gasteiger partial charge < -0.3 is 4.74 Å². The molecule has 0 aliphatic heterocycles. The molecule has 2 rings (SSSR count). The maximum absolute atomic E-state index is 12.6. The summed E-state index contributed by atoms with van der Waals surface area (Å²) in [5, 5.41) is 0. The van der Waals surface area contributed by atoms with Crippen molar-refractivity contribution in [3.8, 4) is 5.75 Å². The molecule has 0 radical (unpaired) electrons. The van der Waals surface area contributed by atoms with Crippen LogP contribution >= 0.6 is 15.9 Å². The van der Waals surface area contributed by atoms with Crippen molar-refractivity contribution in [2.75, 3.05) is 6.61 Å². The predicted molar refractivity (Wildman–Crippen MR) is 91.7 cm³/mol. The Morgan fingerprint density at radius 2 is 2.05 bits per heavy atom. The minimum atomic E-state index is -3.51. The molecule has 124 valence electrons. The highest BCUT2D eigenvalue weighted by Gasteiger charge is 2.27. The van der Waals surface area contributed by atoms with Crippen LogP contribution in [0.1, 0.15) is 46.0 Å². The van der Waals surface area contributed by atoms with Crippen LogP contribution in [-0.2, 0) is 10.0 Å². The molecule has 4 nitrogen and oxygen atoms in total. The second-order valence-corrected chi connectivity index (χ2v) is 8.50. The van der Waals surface area contributed by atoms with E-state index in [1.165, 1.54) is 6.42 Å². The third-order valence-electron chi connectivity index (χ3n) is 4.09. The standard InChI is InChI=1S/C16H24BrNO3S/c1-3-10-21-16-11-13(8-9-14(16)17)22(19,20)18-15-7-5-4-6-12(15)2/h8-9,11-12,15,18H,3-7,10H2,1-2H3/t12-,15+/m1/s1. The van der Waals surface area contributed by atoms with E-state index in [0.29, 0.717) is 18.3 Å². The molecule has 0 heterocycles. The Morgan fingerprint density at radius 3 is 2.73 bits per heavy atom. The fraction of sp³-hybridized carbons (Fsp3) is 0.625. The number of ether oxygens (including phenoxy) is 1. The Morgan fingerprint density at radius 1 is 1.32 bits per heavy atom. The van der Waals surface area contributed by atoms with E-state index in [4.69, 9.17) is 4.74 Å². The van der Waals surface area contributed by atoms with Crippen LogP contribution in [0.5, 0.6) is 5.75 Å². The quantitative estimate of drug-likeness (QED) is 0.796. The fourth-order valence-electron chi connectivity index (χ4n) is 2.73. The SMILES string of the molecule is CCCOc1cc(S(=O)(=O)N[C@H]2CCCC[C@H]2C)ccc1Br. The van der Waals surface area contributed by atoms with Gasteiger partial charge in [-0.1, -0.05) is 26.7 Å². The lowest BCUT2D eigenvalue weighted by atomic mass is 9.87. The van der Waals surface area contributed by atoms with Gasteiger partial charge in [-0.3, -0.25) is 0 Å². The van der Waals surface area contributed by atoms with Crippen LogP contribution in [0, 0.1) is 5.92 Å². The lowest BCUT2D eigenvalue weighted by molar-refractivity contribution is 0.309. The number of halogens is 1. The number of benzene rings is 1. The summed E-state index contributed by atoms with van der Waals surface area (Å²) in [6.45, 7) is 4.69. The molecule has 1 N–H and O–H groups in total. The smallest absolute Gasteiger partial charge is 0.240 e. The summed E-state index contributed by atoms with van der Waals surface area (Å²) < 4.78 is 34.4. The van der Waals surface area contributed by atoms with Crippen LogP contribution < -0.4 is 9.46 Å². The fourth-order valence-corrected chi connectivity index (χ4v) is 4.49. The van der Waals surface area contributed by atoms with Crippen LogP contribution in [0.2, 0.25) is 0 Å². The Balaban J connectivity index is 2.17. The zero-order valence-electron chi connectivity index (χ0n) is 13.1. The molecule has 0 amide bonds. The van der Waals surface area contributed by atoms with E-state index in [0.717, 1.165) is 30.2 Å². The topological polar surface area (TPSA) is 55.4 Å². The van der Waals surface area contributed by atoms with Crippen LogP contribution in [0.3, 0.4) is 0 Å². The largest absolute Gasteiger partial charge is 0.492 e. The van der Waals surface area contributed by atoms with Gasteiger partial charge in [-0.05, 0) is 53.2 Å². The van der Waals surface area contributed by atoms with E-state index >= 15 is 0 Å². The Hall–Kier alpha value is -0.590. The Bertz CT molecular complexity index is 603. The summed E-state index contributed by atoms with van der Waals surface area (Å²) in [6, 6.07) is 4.96. The van der Waals surface area contributed by atoms with Gasteiger partial charge in [-0.25, -0.2) is 13.1 Å². The van der Waals surface area contributed by atoms with E-state index in [1.807, 2.05) is 6.92 Å². The molecule has 22 heavy (non-hydrogen) atoms. The molecule has 0 unspecified atom stereocenters. The van der Waals surface area contributed by atoms with Crippen LogP contribution in [0.4, 0.5) is 0 Å². The molecule has 0 aromatic heterocycles. The molecule has 6 heteroatoms. The van der Waals surface area contributed by atoms with Gasteiger partial charge in [-0.2, -0.15) is 0 Å². The number of sulfonamides is 1. The highest BCUT2D eigenvalue weighted by Crippen LogP contribution is 2.29. The van der Waals surface area contributed by atoms with Gasteiger partial charge in [0.05, 0.1) is 16.0 Å². The third-order valence-corrected chi connectivity index (χ3v) is 6.24. The van der Waals surface area contributed by atoms with Gasteiger partial charge in [0.1, 0.15) is 5.75 Å². The zero-order valence-corrected chi connectivity index (χ0v) is 15.5. The Kier molecular flexibility index (Phi) is 6.29. The number of hydrogen-bond acceptors (Lipinski definition) is 3. The summed E-state index contributed by atoms with van der Waals surface area (Å²) >= 11 is 3.40. The van der Waals surface area contributed by atoms with Gasteiger partial charge in [0.2, 0.25) is 10.0 Å². The van der Waals surface area contributed by atoms with Crippen molar-refractivity contribution >= 4 is 26.0 Å². The number of hydrogen-bond donors (Lipinski definition) is 1. The lowest BCUT2D eigenvalue weighted by Gasteiger charge is -2.29. The van der Waals surface area contributed by atoms with Crippen LogP contribution in [0.15, 0.2) is 27.6 Å². The highest BCUT2D eigenvalue weighted by atomic mass is 79.9. The molecule has 1 aliphatic rings. The van der Waals surface area contributed by atoms with Crippen LogP contribution in [0.25, 0.3) is 0 Å². The average molecular weight is 390 g/mol. The maximum atomic E-state index is 12.6. The van der Waals surface area contributed by atoms with Crippen molar-refractivity contribution in [3.63, 3.8) is 0 Å². The maximum Gasteiger partial charge on any atom is 0.240 e. The van der Waals surface area contributed by atoms with Gasteiger partial charge in [0, 0.05) is 12.1 Å². The van der Waals surface area contributed by atoms with Gasteiger partial charge in [0.25, 0.3) is 0 Å². The molecular weight excluding hydrogens is 366 g/mol. The molecular formula is C16H24BrNO3S. The summed E-state index contributed by atoms with van der Waals surface area (Å²) in [4.78, 5) is 0.263. The number of rotatable bonds is 6. The summed E-state index contributed by atoms with van der Waals surface area (Å²) in [7, 11) is -3.51. The molecule has 0 spiro atoms. The molecule has 1 aromatic rings. The third kappa shape index (κ3) is 4.46. The van der Waals surface area contributed by atoms with Crippen molar-refractivity contribution in [2.45, 2.75) is 56.9 Å². The van der Waals surface area contributed by atoms with Crippen molar-refractivity contribution in [3.05, 3.63) is 22.7 Å². The number of nitrogens with one attached hydrogen (secondary N) is 1. The predicted octanol–water partition coefficient (Wildman–Crippen LogP) is 4.09. The second-order valence-electron chi connectivity index (χ2n) is 5.93. The molecule has 1 aromatic carbocycles. The minimum Gasteiger partial charge on any atom is -0.492 e. The van der Waals surface area contributed by atoms with Gasteiger partial charge in [-0.15, -0.1) is 0 Å². The monoisotopic (exact) mass is 389 g/mol. The summed E-state index contributed by atoms with van der Waals surface area (Å²) in [6.07, 6.45) is 5.14. The molecule has 0 bridgehead atoms. The molecule has 0 saturated heterocycles. The summed E-state index contributed by atoms with van der Waals surface area (Å²) in [5.74, 6) is 0.955. The van der Waals surface area contributed by atoms with E-state index in [1.54, 1.807) is 18.2 Å². The van der Waals surface area contributed by atoms with Crippen molar-refractivity contribution in [1.29, 1.82) is 0 Å². The first-order chi connectivity index (χ1) is 10.4. The Labute approximate surface area is 141 Å². The molecule has 1 fully saturated rings. The van der Waals surface area contributed by atoms with Crippen molar-refractivity contribution < 1.29 is 13.2 Å². The van der Waals surface area contributed by atoms with Gasteiger partial charge >= 0.3 is 0 Å². The highest BCUT2D eigenvalue weighted by molar-refractivity contribution is 9.10. The molecule has 1 saturated carbocycles. The van der Waals surface area contributed by atoms with E-state index in [2.05, 4.69) is 27.6 Å². The average Bonchev–Trinajstić information content (AvgIpc) is 2.48. The lowest BCUT2D eigenvalue weighted by Crippen LogP contribution is -2.40. The first-order valence-electron chi connectivity index (χ1n) is 7.88. The first-order valence-corrected chi connectivity index (χ1v) is 10.2. The first kappa shape index (κ1) is 17.8. The van der Waals surface area contributed by atoms with E-state index in [-0.39, 0.29) is 10.9 Å². The van der Waals surface area contributed by atoms with Gasteiger partial charge in [0.15, 0.2) is 0 Å². The molecule has 1 aliphatic carbocycles. The van der Waals surface area contributed by atoms with E-state index < -0.39 is 10.0 Å². The normalized spacial score (nSPS) is 22.5. The second kappa shape index (κ2) is 7.79. The zero-order chi connectivity index (χ0) is 16.2. The van der Waals surface area contributed by atoms with Crippen molar-refractivity contribution in [1.82, 2.24) is 4.72 Å². The van der Waals surface area contributed by atoms with Crippen molar-refractivity contribution in [2.24, 2.45) is 5.92 Å². The summed E-state index contributed by atoms with van der Waals surface area (Å²) in [5.41, 5.74) is 0. The van der Waals surface area contributed by atoms with Crippen LogP contribution in [-0.4, -0.2) is 21.1 Å². The van der Waals surface area contributed by atoms with E-state index in [9.17, 15) is 8.42 Å². The molecule has 2 atom stereocenters.